The monoisotopic (exact) mass is 259 g/mol. The molecule has 1 fully saturated rings. The Labute approximate surface area is 114 Å². The summed E-state index contributed by atoms with van der Waals surface area (Å²) in [6.07, 6.45) is 0.897. The van der Waals surface area contributed by atoms with Gasteiger partial charge in [-0.15, -0.1) is 0 Å². The van der Waals surface area contributed by atoms with E-state index >= 15 is 0 Å². The van der Waals surface area contributed by atoms with Gasteiger partial charge in [0.05, 0.1) is 12.1 Å². The molecule has 1 atom stereocenters. The van der Waals surface area contributed by atoms with Crippen LogP contribution >= 0.6 is 0 Å². The largest absolute Gasteiger partial charge is 0.508 e. The van der Waals surface area contributed by atoms with Crippen molar-refractivity contribution in [2.24, 2.45) is 0 Å². The van der Waals surface area contributed by atoms with Crippen LogP contribution in [0.3, 0.4) is 0 Å². The van der Waals surface area contributed by atoms with Gasteiger partial charge in [-0.2, -0.15) is 5.26 Å². The lowest BCUT2D eigenvalue weighted by Gasteiger charge is -2.36. The standard InChI is InChI=1S/C15H21N3O/c1-2-14(11-16)18-9-7-17(8-10-18)12-13-3-5-15(19)6-4-13/h3-6,14,19H,2,7-10,12H2,1H3. The Morgan fingerprint density at radius 2 is 1.84 bits per heavy atom. The van der Waals surface area contributed by atoms with Crippen LogP contribution in [0.4, 0.5) is 0 Å². The molecule has 0 bridgehead atoms. The third-order valence-electron chi connectivity index (χ3n) is 3.73. The van der Waals surface area contributed by atoms with E-state index < -0.39 is 0 Å². The molecule has 0 spiro atoms. The molecule has 1 aromatic rings. The van der Waals surface area contributed by atoms with Crippen LogP contribution in [0.15, 0.2) is 24.3 Å². The van der Waals surface area contributed by atoms with Crippen molar-refractivity contribution in [3.8, 4) is 11.8 Å². The highest BCUT2D eigenvalue weighted by Gasteiger charge is 2.22. The average molecular weight is 259 g/mol. The Kier molecular flexibility index (Phi) is 4.78. The van der Waals surface area contributed by atoms with Crippen molar-refractivity contribution in [3.63, 3.8) is 0 Å². The Morgan fingerprint density at radius 3 is 2.37 bits per heavy atom. The quantitative estimate of drug-likeness (QED) is 0.896. The molecule has 0 amide bonds. The van der Waals surface area contributed by atoms with Gasteiger partial charge in [0, 0.05) is 32.7 Å². The summed E-state index contributed by atoms with van der Waals surface area (Å²) in [5.41, 5.74) is 1.22. The van der Waals surface area contributed by atoms with Gasteiger partial charge < -0.3 is 5.11 Å². The summed E-state index contributed by atoms with van der Waals surface area (Å²) >= 11 is 0. The fourth-order valence-corrected chi connectivity index (χ4v) is 2.52. The van der Waals surface area contributed by atoms with Gasteiger partial charge >= 0.3 is 0 Å². The van der Waals surface area contributed by atoms with Crippen molar-refractivity contribution in [2.45, 2.75) is 25.9 Å². The summed E-state index contributed by atoms with van der Waals surface area (Å²) in [5.74, 6) is 0.313. The summed E-state index contributed by atoms with van der Waals surface area (Å²) in [4.78, 5) is 4.67. The van der Waals surface area contributed by atoms with E-state index in [0.717, 1.165) is 39.1 Å². The number of nitriles is 1. The number of hydrogen-bond donors (Lipinski definition) is 1. The van der Waals surface area contributed by atoms with Crippen molar-refractivity contribution in [3.05, 3.63) is 29.8 Å². The van der Waals surface area contributed by atoms with Gasteiger partial charge in [0.1, 0.15) is 5.75 Å². The molecule has 1 heterocycles. The number of phenolic OH excluding ortho intramolecular Hbond substituents is 1. The highest BCUT2D eigenvalue weighted by Crippen LogP contribution is 2.14. The van der Waals surface area contributed by atoms with E-state index in [1.807, 2.05) is 12.1 Å². The van der Waals surface area contributed by atoms with E-state index in [1.165, 1.54) is 5.56 Å². The predicted octanol–water partition coefficient (Wildman–Crippen LogP) is 1.81. The molecule has 19 heavy (non-hydrogen) atoms. The number of hydrogen-bond acceptors (Lipinski definition) is 4. The van der Waals surface area contributed by atoms with Gasteiger partial charge in [0.2, 0.25) is 0 Å². The number of nitrogens with zero attached hydrogens (tertiary/aromatic N) is 3. The van der Waals surface area contributed by atoms with E-state index in [9.17, 15) is 5.11 Å². The van der Waals surface area contributed by atoms with Crippen LogP contribution < -0.4 is 0 Å². The zero-order valence-corrected chi connectivity index (χ0v) is 11.4. The number of piperazine rings is 1. The van der Waals surface area contributed by atoms with Crippen LogP contribution in [-0.2, 0) is 6.54 Å². The van der Waals surface area contributed by atoms with Gasteiger partial charge in [-0.05, 0) is 24.1 Å². The zero-order valence-electron chi connectivity index (χ0n) is 11.4. The van der Waals surface area contributed by atoms with Crippen molar-refractivity contribution in [1.29, 1.82) is 5.26 Å². The molecule has 1 aliphatic heterocycles. The molecule has 0 radical (unpaired) electrons. The lowest BCUT2D eigenvalue weighted by molar-refractivity contribution is 0.108. The average Bonchev–Trinajstić information content (AvgIpc) is 2.44. The summed E-state index contributed by atoms with van der Waals surface area (Å²) in [5, 5.41) is 18.3. The molecule has 4 heteroatoms. The molecule has 0 aromatic heterocycles. The maximum Gasteiger partial charge on any atom is 0.115 e. The first kappa shape index (κ1) is 13.9. The van der Waals surface area contributed by atoms with E-state index in [1.54, 1.807) is 12.1 Å². The molecule has 1 unspecified atom stereocenters. The van der Waals surface area contributed by atoms with Crippen LogP contribution in [0, 0.1) is 11.3 Å². The first-order valence-corrected chi connectivity index (χ1v) is 6.87. The van der Waals surface area contributed by atoms with Gasteiger partial charge in [-0.1, -0.05) is 19.1 Å². The fourth-order valence-electron chi connectivity index (χ4n) is 2.52. The third-order valence-corrected chi connectivity index (χ3v) is 3.73. The molecule has 1 saturated heterocycles. The molecule has 1 aromatic carbocycles. The van der Waals surface area contributed by atoms with Gasteiger partial charge in [-0.3, -0.25) is 9.80 Å². The Morgan fingerprint density at radius 1 is 1.21 bits per heavy atom. The molecule has 0 aliphatic carbocycles. The SMILES string of the molecule is CCC(C#N)N1CCN(Cc2ccc(O)cc2)CC1. The number of phenols is 1. The van der Waals surface area contributed by atoms with Crippen molar-refractivity contribution < 1.29 is 5.11 Å². The summed E-state index contributed by atoms with van der Waals surface area (Å²) in [7, 11) is 0. The minimum Gasteiger partial charge on any atom is -0.508 e. The molecule has 4 nitrogen and oxygen atoms in total. The Hall–Kier alpha value is -1.57. The zero-order chi connectivity index (χ0) is 13.7. The van der Waals surface area contributed by atoms with E-state index in [2.05, 4.69) is 22.8 Å². The third kappa shape index (κ3) is 3.69. The molecular weight excluding hydrogens is 238 g/mol. The van der Waals surface area contributed by atoms with Crippen molar-refractivity contribution in [2.75, 3.05) is 26.2 Å². The topological polar surface area (TPSA) is 50.5 Å². The maximum absolute atomic E-state index is 9.26. The first-order valence-electron chi connectivity index (χ1n) is 6.87. The number of benzene rings is 1. The van der Waals surface area contributed by atoms with Crippen LogP contribution in [0.1, 0.15) is 18.9 Å². The summed E-state index contributed by atoms with van der Waals surface area (Å²) in [6, 6.07) is 9.83. The van der Waals surface area contributed by atoms with Crippen molar-refractivity contribution in [1.82, 2.24) is 9.80 Å². The minimum atomic E-state index is 0.0656. The maximum atomic E-state index is 9.26. The summed E-state index contributed by atoms with van der Waals surface area (Å²) < 4.78 is 0. The first-order chi connectivity index (χ1) is 9.22. The second-order valence-electron chi connectivity index (χ2n) is 5.03. The van der Waals surface area contributed by atoms with E-state index in [4.69, 9.17) is 5.26 Å². The highest BCUT2D eigenvalue weighted by molar-refractivity contribution is 5.25. The van der Waals surface area contributed by atoms with Crippen LogP contribution in [-0.4, -0.2) is 47.1 Å². The molecule has 1 aliphatic rings. The highest BCUT2D eigenvalue weighted by atomic mass is 16.3. The molecular formula is C15H21N3O. The van der Waals surface area contributed by atoms with Crippen LogP contribution in [0.25, 0.3) is 0 Å². The van der Waals surface area contributed by atoms with E-state index in [-0.39, 0.29) is 6.04 Å². The van der Waals surface area contributed by atoms with Crippen LogP contribution in [0.5, 0.6) is 5.75 Å². The smallest absolute Gasteiger partial charge is 0.115 e. The molecule has 0 saturated carbocycles. The second-order valence-corrected chi connectivity index (χ2v) is 5.03. The lowest BCUT2D eigenvalue weighted by Crippen LogP contribution is -2.49. The predicted molar refractivity (Wildman–Crippen MR) is 74.6 cm³/mol. The van der Waals surface area contributed by atoms with Gasteiger partial charge in [0.15, 0.2) is 0 Å². The second kappa shape index (κ2) is 6.55. The van der Waals surface area contributed by atoms with Crippen LogP contribution in [0.2, 0.25) is 0 Å². The number of rotatable bonds is 4. The summed E-state index contributed by atoms with van der Waals surface area (Å²) in [6.45, 7) is 6.90. The lowest BCUT2D eigenvalue weighted by atomic mass is 10.1. The normalized spacial score (nSPS) is 18.9. The molecule has 102 valence electrons. The molecule has 1 N–H and O–H groups in total. The van der Waals surface area contributed by atoms with Crippen molar-refractivity contribution >= 4 is 0 Å². The van der Waals surface area contributed by atoms with Gasteiger partial charge in [0.25, 0.3) is 0 Å². The fraction of sp³-hybridized carbons (Fsp3) is 0.533. The minimum absolute atomic E-state index is 0.0656. The molecule has 2 rings (SSSR count). The number of aromatic hydroxyl groups is 1. The van der Waals surface area contributed by atoms with Gasteiger partial charge in [-0.25, -0.2) is 0 Å². The Bertz CT molecular complexity index is 430. The Balaban J connectivity index is 1.83. The van der Waals surface area contributed by atoms with E-state index in [0.29, 0.717) is 5.75 Å².